The van der Waals surface area contributed by atoms with Crippen LogP contribution in [0.2, 0.25) is 0 Å². The van der Waals surface area contributed by atoms with Gasteiger partial charge in [0.05, 0.1) is 31.4 Å². The third-order valence-corrected chi connectivity index (χ3v) is 4.30. The molecule has 2 aliphatic rings. The largest absolute Gasteiger partial charge is 0.396 e. The number of hydrogen-bond acceptors (Lipinski definition) is 6. The summed E-state index contributed by atoms with van der Waals surface area (Å²) in [5.41, 5.74) is 0. The second-order valence-corrected chi connectivity index (χ2v) is 5.57. The van der Waals surface area contributed by atoms with E-state index in [-0.39, 0.29) is 31.0 Å². The van der Waals surface area contributed by atoms with Crippen LogP contribution in [-0.4, -0.2) is 74.7 Å². The van der Waals surface area contributed by atoms with Crippen LogP contribution in [0.25, 0.3) is 0 Å². The van der Waals surface area contributed by atoms with Gasteiger partial charge in [0.2, 0.25) is 0 Å². The van der Waals surface area contributed by atoms with E-state index in [9.17, 15) is 25.2 Å². The van der Waals surface area contributed by atoms with Crippen molar-refractivity contribution in [3.8, 4) is 12.3 Å². The van der Waals surface area contributed by atoms with E-state index >= 15 is 0 Å². The van der Waals surface area contributed by atoms with Crippen molar-refractivity contribution >= 4 is 5.78 Å². The maximum Gasteiger partial charge on any atom is 0.146 e. The topological polar surface area (TPSA) is 101 Å². The second kappa shape index (κ2) is 6.20. The molecule has 1 aliphatic heterocycles. The van der Waals surface area contributed by atoms with E-state index in [4.69, 9.17) is 6.42 Å². The molecule has 0 bridgehead atoms. The van der Waals surface area contributed by atoms with Crippen LogP contribution in [0.4, 0.5) is 0 Å². The summed E-state index contributed by atoms with van der Waals surface area (Å²) in [6.45, 7) is -0.124. The lowest BCUT2D eigenvalue weighted by atomic mass is 9.83. The van der Waals surface area contributed by atoms with Crippen LogP contribution in [0.15, 0.2) is 0 Å². The molecule has 1 heterocycles. The maximum absolute atomic E-state index is 11.8. The van der Waals surface area contributed by atoms with Gasteiger partial charge in [-0.05, 0) is 6.42 Å². The quantitative estimate of drug-likeness (QED) is 0.258. The van der Waals surface area contributed by atoms with Gasteiger partial charge in [0.25, 0.3) is 0 Å². The Morgan fingerprint density at radius 1 is 1.15 bits per heavy atom. The fraction of sp³-hybridized carbons (Fsp3) is 0.786. The third-order valence-electron chi connectivity index (χ3n) is 4.30. The molecule has 0 radical (unpaired) electrons. The molecule has 2 rings (SSSR count). The molecular weight excluding hydrogens is 262 g/mol. The molecule has 0 aromatic heterocycles. The Morgan fingerprint density at radius 3 is 2.45 bits per heavy atom. The van der Waals surface area contributed by atoms with Crippen LogP contribution in [0, 0.1) is 18.3 Å². The number of hydrogen-bond donors (Lipinski definition) is 4. The summed E-state index contributed by atoms with van der Waals surface area (Å²) in [5.74, 6) is 1.96. The number of Topliss-reactive ketones (excluding diaryl/α,β-unsaturated/α-hetero) is 1. The first-order valence-corrected chi connectivity index (χ1v) is 6.89. The Labute approximate surface area is 118 Å². The van der Waals surface area contributed by atoms with E-state index in [1.54, 1.807) is 4.90 Å². The smallest absolute Gasteiger partial charge is 0.146 e. The molecule has 0 amide bonds. The van der Waals surface area contributed by atoms with Crippen LogP contribution >= 0.6 is 0 Å². The molecule has 1 aliphatic carbocycles. The predicted molar refractivity (Wildman–Crippen MR) is 70.6 cm³/mol. The SMILES string of the molecule is C#CCCCC(=O)CN1C2C(O)C(O)C(O)C(CO)C21. The highest BCUT2D eigenvalue weighted by atomic mass is 16.4. The highest BCUT2D eigenvalue weighted by molar-refractivity contribution is 5.81. The number of carbonyl (C=O) groups is 1. The summed E-state index contributed by atoms with van der Waals surface area (Å²) >= 11 is 0. The monoisotopic (exact) mass is 283 g/mol. The molecule has 4 N–H and O–H groups in total. The van der Waals surface area contributed by atoms with Gasteiger partial charge in [-0.3, -0.25) is 9.69 Å². The van der Waals surface area contributed by atoms with Crippen molar-refractivity contribution in [2.75, 3.05) is 13.2 Å². The lowest BCUT2D eigenvalue weighted by Gasteiger charge is -2.32. The van der Waals surface area contributed by atoms with Crippen molar-refractivity contribution in [1.82, 2.24) is 4.90 Å². The number of terminal acetylenes is 1. The molecule has 7 unspecified atom stereocenters. The molecule has 2 fully saturated rings. The van der Waals surface area contributed by atoms with Crippen LogP contribution in [-0.2, 0) is 4.79 Å². The van der Waals surface area contributed by atoms with Crippen LogP contribution in [0.3, 0.4) is 0 Å². The molecule has 0 spiro atoms. The molecule has 1 saturated carbocycles. The average molecular weight is 283 g/mol. The summed E-state index contributed by atoms with van der Waals surface area (Å²) in [4.78, 5) is 13.5. The summed E-state index contributed by atoms with van der Waals surface area (Å²) in [5, 5.41) is 38.8. The van der Waals surface area contributed by atoms with Gasteiger partial charge in [0, 0.05) is 24.8 Å². The number of carbonyl (C=O) groups excluding carboxylic acids is 1. The van der Waals surface area contributed by atoms with Gasteiger partial charge in [-0.1, -0.05) is 0 Å². The van der Waals surface area contributed by atoms with Crippen molar-refractivity contribution in [2.45, 2.75) is 49.7 Å². The normalized spacial score (nSPS) is 42.6. The number of nitrogens with zero attached hydrogens (tertiary/aromatic N) is 1. The Bertz CT molecular complexity index is 407. The lowest BCUT2D eigenvalue weighted by Crippen LogP contribution is -2.52. The van der Waals surface area contributed by atoms with Gasteiger partial charge in [-0.2, -0.15) is 0 Å². The van der Waals surface area contributed by atoms with Crippen LogP contribution in [0.5, 0.6) is 0 Å². The van der Waals surface area contributed by atoms with Crippen molar-refractivity contribution in [3.05, 3.63) is 0 Å². The van der Waals surface area contributed by atoms with Crippen molar-refractivity contribution in [3.63, 3.8) is 0 Å². The minimum Gasteiger partial charge on any atom is -0.396 e. The molecule has 0 aromatic carbocycles. The first-order valence-electron chi connectivity index (χ1n) is 6.89. The second-order valence-electron chi connectivity index (χ2n) is 5.57. The van der Waals surface area contributed by atoms with E-state index in [2.05, 4.69) is 5.92 Å². The van der Waals surface area contributed by atoms with E-state index in [0.717, 1.165) is 0 Å². The Balaban J connectivity index is 1.92. The minimum absolute atomic E-state index is 0.0162. The van der Waals surface area contributed by atoms with Gasteiger partial charge >= 0.3 is 0 Å². The summed E-state index contributed by atoms with van der Waals surface area (Å²) in [6.07, 6.45) is 3.15. The predicted octanol–water partition coefficient (Wildman–Crippen LogP) is -1.88. The fourth-order valence-corrected chi connectivity index (χ4v) is 3.17. The first-order chi connectivity index (χ1) is 9.52. The van der Waals surface area contributed by atoms with E-state index in [1.165, 1.54) is 0 Å². The Kier molecular flexibility index (Phi) is 4.78. The number of likely N-dealkylation sites (tertiary alicyclic amines) is 1. The van der Waals surface area contributed by atoms with Gasteiger partial charge in [-0.15, -0.1) is 12.3 Å². The Hall–Kier alpha value is -0.970. The molecule has 7 atom stereocenters. The average Bonchev–Trinajstić information content (AvgIpc) is 3.11. The van der Waals surface area contributed by atoms with Gasteiger partial charge in [0.15, 0.2) is 0 Å². The zero-order chi connectivity index (χ0) is 14.9. The number of aliphatic hydroxyl groups excluding tert-OH is 4. The fourth-order valence-electron chi connectivity index (χ4n) is 3.17. The molecular formula is C14H21NO5. The summed E-state index contributed by atoms with van der Waals surface area (Å²) < 4.78 is 0. The molecule has 20 heavy (non-hydrogen) atoms. The van der Waals surface area contributed by atoms with Crippen molar-refractivity contribution in [2.24, 2.45) is 5.92 Å². The van der Waals surface area contributed by atoms with Crippen molar-refractivity contribution < 1.29 is 25.2 Å². The zero-order valence-electron chi connectivity index (χ0n) is 11.2. The number of aliphatic hydroxyl groups is 4. The molecule has 112 valence electrons. The highest BCUT2D eigenvalue weighted by Gasteiger charge is 2.63. The summed E-state index contributed by atoms with van der Waals surface area (Å²) in [6, 6.07) is -0.605. The van der Waals surface area contributed by atoms with Gasteiger partial charge < -0.3 is 20.4 Å². The highest BCUT2D eigenvalue weighted by Crippen LogP contribution is 2.44. The standard InChI is InChI=1S/C14H21NO5/c1-2-3-4-5-8(17)6-15-10-9(7-16)12(18)14(20)13(19)11(10)15/h1,9-14,16,18-20H,3-7H2. The number of unbranched alkanes of at least 4 members (excludes halogenated alkanes) is 1. The summed E-state index contributed by atoms with van der Waals surface area (Å²) in [7, 11) is 0. The third kappa shape index (κ3) is 2.73. The minimum atomic E-state index is -1.28. The van der Waals surface area contributed by atoms with E-state index in [0.29, 0.717) is 19.3 Å². The molecule has 0 aromatic rings. The number of ketones is 1. The zero-order valence-corrected chi connectivity index (χ0v) is 11.2. The van der Waals surface area contributed by atoms with E-state index < -0.39 is 24.2 Å². The first kappa shape index (κ1) is 15.4. The molecule has 6 heteroatoms. The van der Waals surface area contributed by atoms with Crippen LogP contribution < -0.4 is 0 Å². The van der Waals surface area contributed by atoms with Gasteiger partial charge in [-0.25, -0.2) is 0 Å². The number of rotatable bonds is 6. The maximum atomic E-state index is 11.8. The van der Waals surface area contributed by atoms with Gasteiger partial charge in [0.1, 0.15) is 11.9 Å². The van der Waals surface area contributed by atoms with Crippen molar-refractivity contribution in [1.29, 1.82) is 0 Å². The number of fused-ring (bicyclic) bond motifs is 1. The molecule has 1 saturated heterocycles. The van der Waals surface area contributed by atoms with E-state index in [1.807, 2.05) is 0 Å². The lowest BCUT2D eigenvalue weighted by molar-refractivity contribution is -0.119. The molecule has 6 nitrogen and oxygen atoms in total. The Morgan fingerprint density at radius 2 is 1.85 bits per heavy atom. The van der Waals surface area contributed by atoms with Crippen LogP contribution in [0.1, 0.15) is 19.3 Å².